The summed E-state index contributed by atoms with van der Waals surface area (Å²) in [7, 11) is 0. The minimum atomic E-state index is -3.06. The number of benzene rings is 2. The van der Waals surface area contributed by atoms with Crippen LogP contribution in [0.2, 0.25) is 0 Å². The Hall–Kier alpha value is -3.15. The van der Waals surface area contributed by atoms with Crippen molar-refractivity contribution in [2.24, 2.45) is 0 Å². The number of hydrogen-bond donors (Lipinski definition) is 1. The second kappa shape index (κ2) is 15.0. The zero-order chi connectivity index (χ0) is 31.0. The molecule has 0 amide bonds. The number of halogens is 4. The minimum Gasteiger partial charge on any atom is -0.493 e. The van der Waals surface area contributed by atoms with Crippen LogP contribution >= 0.6 is 0 Å². The Balaban J connectivity index is 1.35. The van der Waals surface area contributed by atoms with E-state index in [1.165, 1.54) is 4.90 Å². The fourth-order valence-corrected chi connectivity index (χ4v) is 5.54. The highest BCUT2D eigenvalue weighted by molar-refractivity contribution is 5.85. The van der Waals surface area contributed by atoms with Gasteiger partial charge in [0.15, 0.2) is 0 Å². The molecule has 0 fully saturated rings. The largest absolute Gasteiger partial charge is 0.493 e. The Kier molecular flexibility index (Phi) is 11.5. The average molecular weight is 609 g/mol. The SMILES string of the molecule is CCOC(=O)COCCOCCCCCOc1cc(F)c([C@@H]2c3[nH]c4ccccc4c3C[C@@H](C)N2CC(C)(F)F)c(F)c1. The number of aromatic amines is 1. The molecule has 43 heavy (non-hydrogen) atoms. The summed E-state index contributed by atoms with van der Waals surface area (Å²) < 4.78 is 80.9. The van der Waals surface area contributed by atoms with E-state index in [1.54, 1.807) is 6.92 Å². The van der Waals surface area contributed by atoms with Gasteiger partial charge in [0.2, 0.25) is 0 Å². The van der Waals surface area contributed by atoms with Crippen molar-refractivity contribution in [1.82, 2.24) is 9.88 Å². The first-order valence-corrected chi connectivity index (χ1v) is 14.7. The molecule has 2 aromatic carbocycles. The van der Waals surface area contributed by atoms with E-state index in [-0.39, 0.29) is 37.2 Å². The molecule has 11 heteroatoms. The van der Waals surface area contributed by atoms with E-state index >= 15 is 8.78 Å². The molecular formula is C32H40F4N2O5. The molecule has 1 N–H and O–H groups in total. The van der Waals surface area contributed by atoms with E-state index in [0.717, 1.165) is 48.4 Å². The second-order valence-corrected chi connectivity index (χ2v) is 10.9. The number of para-hydroxylation sites is 1. The molecule has 2 atom stereocenters. The third-order valence-electron chi connectivity index (χ3n) is 7.40. The van der Waals surface area contributed by atoms with Gasteiger partial charge in [0.1, 0.15) is 24.0 Å². The molecular weight excluding hydrogens is 568 g/mol. The molecule has 0 saturated carbocycles. The van der Waals surface area contributed by atoms with Crippen molar-refractivity contribution < 1.29 is 41.3 Å². The molecule has 7 nitrogen and oxygen atoms in total. The number of carbonyl (C=O) groups excluding carboxylic acids is 1. The van der Waals surface area contributed by atoms with Crippen molar-refractivity contribution in [3.05, 3.63) is 64.9 Å². The summed E-state index contributed by atoms with van der Waals surface area (Å²) in [5, 5.41) is 0.922. The van der Waals surface area contributed by atoms with Crippen LogP contribution in [-0.2, 0) is 25.4 Å². The lowest BCUT2D eigenvalue weighted by atomic mass is 9.87. The van der Waals surface area contributed by atoms with Crippen LogP contribution < -0.4 is 4.74 Å². The molecule has 1 aliphatic rings. The Labute approximate surface area is 249 Å². The zero-order valence-electron chi connectivity index (χ0n) is 24.9. The number of aromatic nitrogens is 1. The number of hydrogen-bond acceptors (Lipinski definition) is 6. The molecule has 0 saturated heterocycles. The van der Waals surface area contributed by atoms with Gasteiger partial charge in [0.05, 0.1) is 39.0 Å². The number of H-pyrrole nitrogens is 1. The second-order valence-electron chi connectivity index (χ2n) is 10.9. The standard InChI is InChI=1S/C32H40F4N2O5/c1-4-42-28(39)19-41-15-14-40-12-8-5-9-13-43-22-17-25(33)29(26(34)18-22)31-30-24(23-10-6-7-11-27(23)37-30)16-21(2)38(31)20-32(3,35)36/h6-7,10-11,17-18,21,31,37H,4-5,8-9,12-16,19-20H2,1-3H3/t21-,31-/m1/s1. The van der Waals surface area contributed by atoms with Crippen molar-refractivity contribution in [2.45, 2.75) is 64.5 Å². The topological polar surface area (TPSA) is 73.0 Å². The lowest BCUT2D eigenvalue weighted by Gasteiger charge is -2.42. The summed E-state index contributed by atoms with van der Waals surface area (Å²) in [6.07, 6.45) is 2.65. The molecule has 0 bridgehead atoms. The Morgan fingerprint density at radius 3 is 2.44 bits per heavy atom. The normalized spacial score (nSPS) is 17.3. The van der Waals surface area contributed by atoms with Gasteiger partial charge in [-0.05, 0) is 51.2 Å². The van der Waals surface area contributed by atoms with Crippen LogP contribution in [0.15, 0.2) is 36.4 Å². The van der Waals surface area contributed by atoms with Crippen LogP contribution in [0, 0.1) is 11.6 Å². The maximum Gasteiger partial charge on any atom is 0.332 e. The van der Waals surface area contributed by atoms with Gasteiger partial charge in [-0.15, -0.1) is 0 Å². The van der Waals surface area contributed by atoms with Gasteiger partial charge in [-0.2, -0.15) is 0 Å². The van der Waals surface area contributed by atoms with E-state index in [9.17, 15) is 13.6 Å². The summed E-state index contributed by atoms with van der Waals surface area (Å²) in [5.74, 6) is -5.12. The number of carbonyl (C=O) groups is 1. The van der Waals surface area contributed by atoms with Crippen molar-refractivity contribution in [1.29, 1.82) is 0 Å². The fourth-order valence-electron chi connectivity index (χ4n) is 5.54. The number of ether oxygens (including phenoxy) is 4. The maximum absolute atomic E-state index is 15.7. The Morgan fingerprint density at radius 2 is 1.72 bits per heavy atom. The van der Waals surface area contributed by atoms with Crippen LogP contribution in [0.5, 0.6) is 5.75 Å². The summed E-state index contributed by atoms with van der Waals surface area (Å²) in [5.41, 5.74) is 1.93. The third kappa shape index (κ3) is 8.70. The third-order valence-corrected chi connectivity index (χ3v) is 7.40. The molecule has 0 radical (unpaired) electrons. The molecule has 0 aliphatic carbocycles. The molecule has 2 heterocycles. The van der Waals surface area contributed by atoms with Gasteiger partial charge in [-0.1, -0.05) is 18.2 Å². The smallest absolute Gasteiger partial charge is 0.332 e. The number of unbranched alkanes of at least 4 members (excludes halogenated alkanes) is 2. The van der Waals surface area contributed by atoms with Crippen molar-refractivity contribution >= 4 is 16.9 Å². The molecule has 0 spiro atoms. The van der Waals surface area contributed by atoms with Gasteiger partial charge in [-0.25, -0.2) is 22.4 Å². The Bertz CT molecular complexity index is 1340. The quantitative estimate of drug-likeness (QED) is 0.113. The highest BCUT2D eigenvalue weighted by Crippen LogP contribution is 2.43. The molecule has 4 rings (SSSR count). The van der Waals surface area contributed by atoms with Crippen molar-refractivity contribution in [2.75, 3.05) is 46.2 Å². The van der Waals surface area contributed by atoms with Gasteiger partial charge >= 0.3 is 5.97 Å². The highest BCUT2D eigenvalue weighted by atomic mass is 19.3. The van der Waals surface area contributed by atoms with Gasteiger partial charge in [0.25, 0.3) is 5.92 Å². The van der Waals surface area contributed by atoms with Gasteiger partial charge in [0, 0.05) is 53.9 Å². The van der Waals surface area contributed by atoms with Gasteiger partial charge < -0.3 is 23.9 Å². The summed E-state index contributed by atoms with van der Waals surface area (Å²) >= 11 is 0. The first kappa shape index (κ1) is 32.8. The molecule has 0 unspecified atom stereocenters. The summed E-state index contributed by atoms with van der Waals surface area (Å²) in [4.78, 5) is 15.9. The predicted octanol–water partition coefficient (Wildman–Crippen LogP) is 6.58. The van der Waals surface area contributed by atoms with E-state index in [2.05, 4.69) is 4.98 Å². The van der Waals surface area contributed by atoms with E-state index < -0.39 is 36.1 Å². The fraction of sp³-hybridized carbons (Fsp3) is 0.531. The van der Waals surface area contributed by atoms with Crippen LogP contribution in [0.1, 0.15) is 62.9 Å². The number of esters is 1. The highest BCUT2D eigenvalue weighted by Gasteiger charge is 2.42. The van der Waals surface area contributed by atoms with Crippen molar-refractivity contribution in [3.8, 4) is 5.75 Å². The Morgan fingerprint density at radius 1 is 1.02 bits per heavy atom. The number of fused-ring (bicyclic) bond motifs is 3. The van der Waals surface area contributed by atoms with Crippen molar-refractivity contribution in [3.63, 3.8) is 0 Å². The molecule has 236 valence electrons. The maximum atomic E-state index is 15.7. The predicted molar refractivity (Wildman–Crippen MR) is 155 cm³/mol. The van der Waals surface area contributed by atoms with Gasteiger partial charge in [-0.3, -0.25) is 4.90 Å². The first-order valence-electron chi connectivity index (χ1n) is 14.7. The van der Waals surface area contributed by atoms with Crippen LogP contribution in [-0.4, -0.2) is 74.0 Å². The first-order chi connectivity index (χ1) is 20.6. The average Bonchev–Trinajstić information content (AvgIpc) is 3.30. The molecule has 1 aliphatic heterocycles. The van der Waals surface area contributed by atoms with E-state index in [1.807, 2.05) is 31.2 Å². The minimum absolute atomic E-state index is 0.0434. The van der Waals surface area contributed by atoms with Crippen LogP contribution in [0.3, 0.4) is 0 Å². The van der Waals surface area contributed by atoms with E-state index in [0.29, 0.717) is 38.4 Å². The summed E-state index contributed by atoms with van der Waals surface area (Å²) in [6.45, 7) is 5.31. The monoisotopic (exact) mass is 608 g/mol. The lowest BCUT2D eigenvalue weighted by Crippen LogP contribution is -2.47. The number of nitrogens with zero attached hydrogens (tertiary/aromatic N) is 1. The zero-order valence-corrected chi connectivity index (χ0v) is 24.9. The number of nitrogens with one attached hydrogen (secondary N) is 1. The number of alkyl halides is 2. The van der Waals surface area contributed by atoms with Crippen LogP contribution in [0.25, 0.3) is 10.9 Å². The molecule has 3 aromatic rings. The summed E-state index contributed by atoms with van der Waals surface area (Å²) in [6, 6.07) is 8.36. The lowest BCUT2D eigenvalue weighted by molar-refractivity contribution is -0.148. The van der Waals surface area contributed by atoms with E-state index in [4.69, 9.17) is 18.9 Å². The van der Waals surface area contributed by atoms with Crippen LogP contribution in [0.4, 0.5) is 17.6 Å². The molecule has 1 aromatic heterocycles. The number of rotatable bonds is 16.